The molecule has 1 rings (SSSR count). The number of ether oxygens (including phenoxy) is 2. The van der Waals surface area contributed by atoms with Gasteiger partial charge in [-0.25, -0.2) is 0 Å². The van der Waals surface area contributed by atoms with Gasteiger partial charge in [0.15, 0.2) is 0 Å². The fourth-order valence-corrected chi connectivity index (χ4v) is 2.39. The van der Waals surface area contributed by atoms with E-state index < -0.39 is 0 Å². The summed E-state index contributed by atoms with van der Waals surface area (Å²) in [5, 5.41) is 3.59. The maximum Gasteiger partial charge on any atom is 0.0779 e. The van der Waals surface area contributed by atoms with Crippen LogP contribution in [0.2, 0.25) is 0 Å². The van der Waals surface area contributed by atoms with Gasteiger partial charge < -0.3 is 20.5 Å². The van der Waals surface area contributed by atoms with Gasteiger partial charge in [-0.2, -0.15) is 0 Å². The van der Waals surface area contributed by atoms with Crippen molar-refractivity contribution >= 4 is 0 Å². The Hall–Kier alpha value is -0.160. The van der Waals surface area contributed by atoms with Gasteiger partial charge in [-0.3, -0.25) is 0 Å². The summed E-state index contributed by atoms with van der Waals surface area (Å²) in [5.74, 6) is 0.428. The molecule has 0 saturated carbocycles. The molecule has 1 aliphatic heterocycles. The topological polar surface area (TPSA) is 56.5 Å². The van der Waals surface area contributed by atoms with Crippen LogP contribution in [0.3, 0.4) is 0 Å². The van der Waals surface area contributed by atoms with E-state index in [0.29, 0.717) is 19.1 Å². The maximum absolute atomic E-state index is 5.94. The molecule has 0 bridgehead atoms. The summed E-state index contributed by atoms with van der Waals surface area (Å²) in [6, 6.07) is 0. The van der Waals surface area contributed by atoms with E-state index in [0.717, 1.165) is 26.0 Å². The highest BCUT2D eigenvalue weighted by Gasteiger charge is 2.37. The van der Waals surface area contributed by atoms with Crippen molar-refractivity contribution in [2.45, 2.75) is 44.8 Å². The van der Waals surface area contributed by atoms with Crippen LogP contribution in [-0.4, -0.2) is 44.6 Å². The standard InChI is InChI=1S/C13H28N2O2/c1-11(2)13(8-14,10-16-4)15-9-12(3)6-5-7-17-12/h11,15H,5-10,14H2,1-4H3. The lowest BCUT2D eigenvalue weighted by Gasteiger charge is -2.39. The van der Waals surface area contributed by atoms with Gasteiger partial charge >= 0.3 is 0 Å². The van der Waals surface area contributed by atoms with Crippen LogP contribution in [0.25, 0.3) is 0 Å². The minimum Gasteiger partial charge on any atom is -0.383 e. The van der Waals surface area contributed by atoms with E-state index in [1.165, 1.54) is 0 Å². The van der Waals surface area contributed by atoms with E-state index >= 15 is 0 Å². The molecule has 0 amide bonds. The van der Waals surface area contributed by atoms with Crippen molar-refractivity contribution in [1.29, 1.82) is 0 Å². The van der Waals surface area contributed by atoms with Crippen LogP contribution >= 0.6 is 0 Å². The first-order valence-electron chi connectivity index (χ1n) is 6.56. The Bertz CT molecular complexity index is 227. The molecule has 1 fully saturated rings. The third-order valence-corrected chi connectivity index (χ3v) is 3.99. The molecule has 2 atom stereocenters. The SMILES string of the molecule is COCC(CN)(NCC1(C)CCCO1)C(C)C. The van der Waals surface area contributed by atoms with Crippen molar-refractivity contribution in [2.75, 3.05) is 33.4 Å². The number of nitrogens with two attached hydrogens (primary N) is 1. The van der Waals surface area contributed by atoms with Crippen molar-refractivity contribution in [3.8, 4) is 0 Å². The van der Waals surface area contributed by atoms with Gasteiger partial charge in [-0.05, 0) is 25.7 Å². The van der Waals surface area contributed by atoms with Crippen LogP contribution in [0.1, 0.15) is 33.6 Å². The van der Waals surface area contributed by atoms with Gasteiger partial charge in [-0.1, -0.05) is 13.8 Å². The molecule has 1 aliphatic rings. The predicted molar refractivity (Wildman–Crippen MR) is 70.1 cm³/mol. The van der Waals surface area contributed by atoms with Gasteiger partial charge in [0.1, 0.15) is 0 Å². The van der Waals surface area contributed by atoms with Crippen LogP contribution < -0.4 is 11.1 Å². The summed E-state index contributed by atoms with van der Waals surface area (Å²) in [4.78, 5) is 0. The average Bonchev–Trinajstić information content (AvgIpc) is 2.72. The molecular weight excluding hydrogens is 216 g/mol. The van der Waals surface area contributed by atoms with Crippen molar-refractivity contribution in [3.63, 3.8) is 0 Å². The van der Waals surface area contributed by atoms with E-state index in [4.69, 9.17) is 15.2 Å². The first-order chi connectivity index (χ1) is 7.98. The Morgan fingerprint density at radius 3 is 2.65 bits per heavy atom. The molecule has 0 aromatic carbocycles. The molecule has 4 heteroatoms. The smallest absolute Gasteiger partial charge is 0.0779 e. The first-order valence-corrected chi connectivity index (χ1v) is 6.56. The van der Waals surface area contributed by atoms with E-state index in [1.807, 2.05) is 0 Å². The molecule has 1 saturated heterocycles. The lowest BCUT2D eigenvalue weighted by Crippen LogP contribution is -2.61. The second kappa shape index (κ2) is 6.14. The van der Waals surface area contributed by atoms with E-state index in [9.17, 15) is 0 Å². The van der Waals surface area contributed by atoms with Crippen molar-refractivity contribution in [1.82, 2.24) is 5.32 Å². The molecule has 3 N–H and O–H groups in total. The van der Waals surface area contributed by atoms with Gasteiger partial charge in [0.05, 0.1) is 17.7 Å². The molecule has 1 heterocycles. The van der Waals surface area contributed by atoms with Gasteiger partial charge in [0.2, 0.25) is 0 Å². The Morgan fingerprint density at radius 1 is 1.53 bits per heavy atom. The zero-order chi connectivity index (χ0) is 12.9. The number of hydrogen-bond acceptors (Lipinski definition) is 4. The quantitative estimate of drug-likeness (QED) is 0.705. The summed E-state index contributed by atoms with van der Waals surface area (Å²) in [6.07, 6.45) is 2.27. The average molecular weight is 244 g/mol. The Balaban J connectivity index is 2.59. The third-order valence-electron chi connectivity index (χ3n) is 3.99. The first kappa shape index (κ1) is 14.9. The van der Waals surface area contributed by atoms with Gasteiger partial charge in [-0.15, -0.1) is 0 Å². The summed E-state index contributed by atoms with van der Waals surface area (Å²) in [7, 11) is 1.72. The second-order valence-corrected chi connectivity index (χ2v) is 5.70. The molecular formula is C13H28N2O2. The number of rotatable bonds is 7. The normalized spacial score (nSPS) is 28.6. The number of nitrogens with one attached hydrogen (secondary N) is 1. The Morgan fingerprint density at radius 2 is 2.24 bits per heavy atom. The lowest BCUT2D eigenvalue weighted by atomic mass is 9.86. The van der Waals surface area contributed by atoms with E-state index in [-0.39, 0.29) is 11.1 Å². The minimum absolute atomic E-state index is 0.0386. The minimum atomic E-state index is -0.149. The monoisotopic (exact) mass is 244 g/mol. The third kappa shape index (κ3) is 3.65. The Labute approximate surface area is 105 Å². The number of methoxy groups -OCH3 is 1. The van der Waals surface area contributed by atoms with Crippen LogP contribution in [0.4, 0.5) is 0 Å². The maximum atomic E-state index is 5.94. The lowest BCUT2D eigenvalue weighted by molar-refractivity contribution is 0.00182. The molecule has 0 aromatic rings. The largest absolute Gasteiger partial charge is 0.383 e. The summed E-state index contributed by atoms with van der Waals surface area (Å²) >= 11 is 0. The van der Waals surface area contributed by atoms with Crippen molar-refractivity contribution in [3.05, 3.63) is 0 Å². The van der Waals surface area contributed by atoms with Crippen LogP contribution in [-0.2, 0) is 9.47 Å². The fraction of sp³-hybridized carbons (Fsp3) is 1.00. The van der Waals surface area contributed by atoms with Crippen LogP contribution in [0.15, 0.2) is 0 Å². The molecule has 102 valence electrons. The Kier molecular flexibility index (Phi) is 5.38. The molecule has 0 radical (unpaired) electrons. The summed E-state index contributed by atoms with van der Waals surface area (Å²) in [6.45, 7) is 9.45. The molecule has 0 spiro atoms. The summed E-state index contributed by atoms with van der Waals surface area (Å²) < 4.78 is 11.1. The fourth-order valence-electron chi connectivity index (χ4n) is 2.39. The molecule has 0 aromatic heterocycles. The van der Waals surface area contributed by atoms with E-state index in [1.54, 1.807) is 7.11 Å². The van der Waals surface area contributed by atoms with Crippen molar-refractivity contribution in [2.24, 2.45) is 11.7 Å². The molecule has 17 heavy (non-hydrogen) atoms. The van der Waals surface area contributed by atoms with Crippen LogP contribution in [0.5, 0.6) is 0 Å². The highest BCUT2D eigenvalue weighted by atomic mass is 16.5. The van der Waals surface area contributed by atoms with E-state index in [2.05, 4.69) is 26.1 Å². The predicted octanol–water partition coefficient (Wildman–Crippen LogP) is 1.15. The van der Waals surface area contributed by atoms with Crippen LogP contribution in [0, 0.1) is 5.92 Å². The highest BCUT2D eigenvalue weighted by molar-refractivity contribution is 4.95. The second-order valence-electron chi connectivity index (χ2n) is 5.70. The highest BCUT2D eigenvalue weighted by Crippen LogP contribution is 2.26. The number of hydrogen-bond donors (Lipinski definition) is 2. The van der Waals surface area contributed by atoms with Gasteiger partial charge in [0, 0.05) is 26.8 Å². The van der Waals surface area contributed by atoms with Crippen molar-refractivity contribution < 1.29 is 9.47 Å². The zero-order valence-corrected chi connectivity index (χ0v) is 11.7. The molecule has 4 nitrogen and oxygen atoms in total. The molecule has 2 unspecified atom stereocenters. The zero-order valence-electron chi connectivity index (χ0n) is 11.7. The molecule has 0 aliphatic carbocycles. The summed E-state index contributed by atoms with van der Waals surface area (Å²) in [5.41, 5.74) is 5.75. The van der Waals surface area contributed by atoms with Gasteiger partial charge in [0.25, 0.3) is 0 Å².